The van der Waals surface area contributed by atoms with Crippen LogP contribution >= 0.6 is 0 Å². The summed E-state index contributed by atoms with van der Waals surface area (Å²) in [6.07, 6.45) is 6.75. The zero-order valence-corrected chi connectivity index (χ0v) is 14.6. The highest BCUT2D eigenvalue weighted by molar-refractivity contribution is 5.85. The lowest BCUT2D eigenvalue weighted by Crippen LogP contribution is -2.37. The summed E-state index contributed by atoms with van der Waals surface area (Å²) in [7, 11) is 0. The molecule has 130 valence electrons. The normalized spacial score (nSPS) is 21.0. The van der Waals surface area contributed by atoms with Gasteiger partial charge in [0.1, 0.15) is 0 Å². The lowest BCUT2D eigenvalue weighted by molar-refractivity contribution is -0.132. The van der Waals surface area contributed by atoms with Crippen molar-refractivity contribution < 1.29 is 4.79 Å². The van der Waals surface area contributed by atoms with Crippen LogP contribution in [0.25, 0.3) is 0 Å². The molecule has 0 spiro atoms. The predicted octanol–water partition coefficient (Wildman–Crippen LogP) is 2.85. The number of fused-ring (bicyclic) bond motifs is 1. The van der Waals surface area contributed by atoms with Gasteiger partial charge in [0.15, 0.2) is 0 Å². The summed E-state index contributed by atoms with van der Waals surface area (Å²) in [5.74, 6) is 0.402. The van der Waals surface area contributed by atoms with Gasteiger partial charge in [-0.2, -0.15) is 0 Å². The third-order valence-electron chi connectivity index (χ3n) is 5.49. The number of amides is 1. The van der Waals surface area contributed by atoms with E-state index in [1.807, 2.05) is 12.4 Å². The van der Waals surface area contributed by atoms with Gasteiger partial charge < -0.3 is 4.90 Å². The van der Waals surface area contributed by atoms with Crippen LogP contribution in [0.1, 0.15) is 35.4 Å². The molecule has 4 rings (SSSR count). The molecule has 0 radical (unpaired) electrons. The molecular formula is C21H25N3O. The Bertz CT molecular complexity index is 731. The zero-order valence-electron chi connectivity index (χ0n) is 14.6. The Hall–Kier alpha value is -2.20. The Morgan fingerprint density at radius 3 is 2.76 bits per heavy atom. The minimum atomic E-state index is 0.0722. The maximum absolute atomic E-state index is 13.1. The van der Waals surface area contributed by atoms with Crippen molar-refractivity contribution >= 4 is 5.91 Å². The molecule has 25 heavy (non-hydrogen) atoms. The van der Waals surface area contributed by atoms with Crippen molar-refractivity contribution in [2.75, 3.05) is 26.2 Å². The maximum Gasteiger partial charge on any atom is 0.230 e. The quantitative estimate of drug-likeness (QED) is 0.865. The zero-order chi connectivity index (χ0) is 17.1. The molecule has 4 nitrogen and oxygen atoms in total. The van der Waals surface area contributed by atoms with Gasteiger partial charge in [0.05, 0.1) is 5.92 Å². The molecule has 4 heteroatoms. The summed E-state index contributed by atoms with van der Waals surface area (Å²) in [5, 5.41) is 0. The first-order valence-corrected chi connectivity index (χ1v) is 9.29. The van der Waals surface area contributed by atoms with E-state index >= 15 is 0 Å². The van der Waals surface area contributed by atoms with Crippen molar-refractivity contribution in [1.29, 1.82) is 0 Å². The number of rotatable bonds is 3. The number of carbonyl (C=O) groups is 1. The highest BCUT2D eigenvalue weighted by Gasteiger charge is 2.32. The highest BCUT2D eigenvalue weighted by Crippen LogP contribution is 2.34. The molecule has 0 saturated carbocycles. The number of hydrogen-bond acceptors (Lipinski definition) is 3. The standard InChI is InChI=1S/C21H25N3O/c25-21(20-7-6-18-4-1-2-5-19(18)20)24-13-3-12-23(14-15-24)16-17-8-10-22-11-9-17/h1-2,4-5,8-11,20H,3,6-7,12-16H2. The molecule has 1 fully saturated rings. The van der Waals surface area contributed by atoms with Gasteiger partial charge in [-0.15, -0.1) is 0 Å². The van der Waals surface area contributed by atoms with Gasteiger partial charge in [0.25, 0.3) is 0 Å². The van der Waals surface area contributed by atoms with Crippen molar-refractivity contribution in [2.24, 2.45) is 0 Å². The molecule has 1 aromatic heterocycles. The van der Waals surface area contributed by atoms with Crippen LogP contribution in [0, 0.1) is 0 Å². The van der Waals surface area contributed by atoms with Crippen LogP contribution in [0.4, 0.5) is 0 Å². The second-order valence-electron chi connectivity index (χ2n) is 7.10. The lowest BCUT2D eigenvalue weighted by atomic mass is 10.00. The highest BCUT2D eigenvalue weighted by atomic mass is 16.2. The summed E-state index contributed by atoms with van der Waals surface area (Å²) in [6, 6.07) is 12.6. The first-order valence-electron chi connectivity index (χ1n) is 9.29. The van der Waals surface area contributed by atoms with E-state index in [2.05, 4.69) is 51.2 Å². The van der Waals surface area contributed by atoms with Gasteiger partial charge in [-0.05, 0) is 48.1 Å². The third kappa shape index (κ3) is 3.59. The molecule has 1 aliphatic carbocycles. The number of aromatic nitrogens is 1. The molecule has 2 aromatic rings. The first kappa shape index (κ1) is 16.3. The van der Waals surface area contributed by atoms with Crippen LogP contribution in [0.3, 0.4) is 0 Å². The predicted molar refractivity (Wildman–Crippen MR) is 98.2 cm³/mol. The van der Waals surface area contributed by atoms with Gasteiger partial charge in [-0.1, -0.05) is 24.3 Å². The van der Waals surface area contributed by atoms with Crippen molar-refractivity contribution in [1.82, 2.24) is 14.8 Å². The van der Waals surface area contributed by atoms with E-state index in [9.17, 15) is 4.79 Å². The van der Waals surface area contributed by atoms with Crippen LogP contribution in [-0.4, -0.2) is 46.9 Å². The molecule has 0 N–H and O–H groups in total. The Kier molecular flexibility index (Phi) is 4.79. The molecule has 1 unspecified atom stereocenters. The molecule has 1 atom stereocenters. The number of carbonyl (C=O) groups excluding carboxylic acids is 1. The topological polar surface area (TPSA) is 36.4 Å². The second-order valence-corrected chi connectivity index (χ2v) is 7.10. The SMILES string of the molecule is O=C(C1CCc2ccccc21)N1CCCN(Cc2ccncc2)CC1. The number of nitrogens with zero attached hydrogens (tertiary/aromatic N) is 3. The average molecular weight is 335 g/mol. The molecular weight excluding hydrogens is 310 g/mol. The third-order valence-corrected chi connectivity index (χ3v) is 5.49. The van der Waals surface area contributed by atoms with Crippen molar-refractivity contribution in [3.63, 3.8) is 0 Å². The fourth-order valence-electron chi connectivity index (χ4n) is 4.13. The van der Waals surface area contributed by atoms with Gasteiger partial charge in [-0.3, -0.25) is 14.7 Å². The van der Waals surface area contributed by atoms with Crippen LogP contribution in [0.2, 0.25) is 0 Å². The van der Waals surface area contributed by atoms with Crippen molar-refractivity contribution in [3.8, 4) is 0 Å². The fourth-order valence-corrected chi connectivity index (χ4v) is 4.13. The van der Waals surface area contributed by atoms with Crippen LogP contribution in [0.15, 0.2) is 48.8 Å². The molecule has 0 bridgehead atoms. The Labute approximate surface area is 149 Å². The van der Waals surface area contributed by atoms with Gasteiger partial charge in [-0.25, -0.2) is 0 Å². The van der Waals surface area contributed by atoms with Gasteiger partial charge >= 0.3 is 0 Å². The van der Waals surface area contributed by atoms with E-state index in [1.54, 1.807) is 0 Å². The van der Waals surface area contributed by atoms with E-state index < -0.39 is 0 Å². The minimum Gasteiger partial charge on any atom is -0.341 e. The molecule has 1 saturated heterocycles. The number of pyridine rings is 1. The van der Waals surface area contributed by atoms with E-state index in [-0.39, 0.29) is 5.92 Å². The Morgan fingerprint density at radius 1 is 1.04 bits per heavy atom. The summed E-state index contributed by atoms with van der Waals surface area (Å²) in [4.78, 5) is 21.7. The Balaban J connectivity index is 1.39. The number of aryl methyl sites for hydroxylation is 1. The monoisotopic (exact) mass is 335 g/mol. The largest absolute Gasteiger partial charge is 0.341 e. The van der Waals surface area contributed by atoms with Crippen molar-refractivity contribution in [2.45, 2.75) is 31.7 Å². The van der Waals surface area contributed by atoms with E-state index in [1.165, 1.54) is 16.7 Å². The Morgan fingerprint density at radius 2 is 1.88 bits per heavy atom. The summed E-state index contributed by atoms with van der Waals surface area (Å²) in [5.41, 5.74) is 3.90. The minimum absolute atomic E-state index is 0.0722. The smallest absolute Gasteiger partial charge is 0.230 e. The molecule has 1 aromatic carbocycles. The summed E-state index contributed by atoms with van der Waals surface area (Å²) < 4.78 is 0. The average Bonchev–Trinajstić information content (AvgIpc) is 2.95. The number of benzene rings is 1. The second kappa shape index (κ2) is 7.36. The van der Waals surface area contributed by atoms with Gasteiger partial charge in [0.2, 0.25) is 5.91 Å². The maximum atomic E-state index is 13.1. The fraction of sp³-hybridized carbons (Fsp3) is 0.429. The van der Waals surface area contributed by atoms with E-state index in [4.69, 9.17) is 0 Å². The van der Waals surface area contributed by atoms with E-state index in [0.29, 0.717) is 5.91 Å². The number of hydrogen-bond donors (Lipinski definition) is 0. The lowest BCUT2D eigenvalue weighted by Gasteiger charge is -2.25. The molecule has 2 heterocycles. The summed E-state index contributed by atoms with van der Waals surface area (Å²) in [6.45, 7) is 4.65. The first-order chi connectivity index (χ1) is 12.3. The van der Waals surface area contributed by atoms with E-state index in [0.717, 1.165) is 52.0 Å². The summed E-state index contributed by atoms with van der Waals surface area (Å²) >= 11 is 0. The van der Waals surface area contributed by atoms with Crippen LogP contribution < -0.4 is 0 Å². The van der Waals surface area contributed by atoms with Crippen LogP contribution in [-0.2, 0) is 17.8 Å². The molecule has 2 aliphatic rings. The van der Waals surface area contributed by atoms with Crippen LogP contribution in [0.5, 0.6) is 0 Å². The van der Waals surface area contributed by atoms with Crippen molar-refractivity contribution in [3.05, 3.63) is 65.5 Å². The molecule has 1 aliphatic heterocycles. The molecule has 1 amide bonds. The van der Waals surface area contributed by atoms with Gasteiger partial charge in [0, 0.05) is 45.1 Å².